The van der Waals surface area contributed by atoms with Crippen molar-refractivity contribution in [2.45, 2.75) is 13.5 Å². The van der Waals surface area contributed by atoms with Crippen LogP contribution in [0.3, 0.4) is 0 Å². The minimum absolute atomic E-state index is 0.287. The zero-order valence-electron chi connectivity index (χ0n) is 11.5. The van der Waals surface area contributed by atoms with Crippen LogP contribution in [0.5, 0.6) is 11.5 Å². The summed E-state index contributed by atoms with van der Waals surface area (Å²) in [5.74, 6) is 0.602. The highest BCUT2D eigenvalue weighted by Crippen LogP contribution is 2.31. The summed E-state index contributed by atoms with van der Waals surface area (Å²) in [6, 6.07) is 13.6. The van der Waals surface area contributed by atoms with Crippen LogP contribution in [0, 0.1) is 12.7 Å². The maximum absolute atomic E-state index is 13.2. The van der Waals surface area contributed by atoms with Crippen molar-refractivity contribution in [1.82, 2.24) is 4.98 Å². The van der Waals surface area contributed by atoms with Crippen LogP contribution in [-0.4, -0.2) is 10.1 Å². The number of hydrogen-bond acceptors (Lipinski definition) is 3. The summed E-state index contributed by atoms with van der Waals surface area (Å²) in [5, 5.41) is 10.3. The molecule has 1 heterocycles. The lowest BCUT2D eigenvalue weighted by atomic mass is 10.2. The van der Waals surface area contributed by atoms with Crippen LogP contribution in [0.25, 0.3) is 10.9 Å². The third-order valence-corrected chi connectivity index (χ3v) is 3.24. The Balaban J connectivity index is 2.08. The molecule has 0 radical (unpaired) electrons. The molecule has 0 bridgehead atoms. The van der Waals surface area contributed by atoms with Crippen LogP contribution in [-0.2, 0) is 6.61 Å². The molecule has 1 N–H and O–H groups in total. The van der Waals surface area contributed by atoms with E-state index in [1.54, 1.807) is 6.07 Å². The van der Waals surface area contributed by atoms with Crippen molar-refractivity contribution >= 4 is 10.9 Å². The van der Waals surface area contributed by atoms with Gasteiger partial charge in [-0.05, 0) is 37.3 Å². The van der Waals surface area contributed by atoms with Crippen molar-refractivity contribution in [3.63, 3.8) is 0 Å². The fourth-order valence-corrected chi connectivity index (χ4v) is 2.19. The topological polar surface area (TPSA) is 42.4 Å². The van der Waals surface area contributed by atoms with Gasteiger partial charge in [-0.1, -0.05) is 18.2 Å². The Morgan fingerprint density at radius 2 is 1.95 bits per heavy atom. The fraction of sp³-hybridized carbons (Fsp3) is 0.118. The predicted octanol–water partition coefficient (Wildman–Crippen LogP) is 3.97. The van der Waals surface area contributed by atoms with Gasteiger partial charge in [-0.2, -0.15) is 0 Å². The molecular weight excluding hydrogens is 269 g/mol. The number of fused-ring (bicyclic) bond motifs is 1. The van der Waals surface area contributed by atoms with Gasteiger partial charge < -0.3 is 9.84 Å². The average molecular weight is 283 g/mol. The molecule has 2 aromatic carbocycles. The van der Waals surface area contributed by atoms with Crippen molar-refractivity contribution < 1.29 is 14.2 Å². The predicted molar refractivity (Wildman–Crippen MR) is 78.9 cm³/mol. The Labute approximate surface area is 121 Å². The molecule has 0 saturated carbocycles. The van der Waals surface area contributed by atoms with Crippen molar-refractivity contribution in [3.05, 3.63) is 65.6 Å². The number of halogens is 1. The van der Waals surface area contributed by atoms with Gasteiger partial charge in [-0.3, -0.25) is 0 Å². The monoisotopic (exact) mass is 283 g/mol. The second-order valence-corrected chi connectivity index (χ2v) is 4.79. The number of rotatable bonds is 3. The number of aliphatic hydroxyl groups excluding tert-OH is 1. The summed E-state index contributed by atoms with van der Waals surface area (Å²) in [7, 11) is 0. The maximum Gasteiger partial charge on any atom is 0.153 e. The number of aryl methyl sites for hydroxylation is 1. The molecule has 0 aliphatic rings. The Morgan fingerprint density at radius 3 is 2.76 bits per heavy atom. The normalized spacial score (nSPS) is 10.8. The number of para-hydroxylation sites is 1. The highest BCUT2D eigenvalue weighted by Gasteiger charge is 2.09. The Kier molecular flexibility index (Phi) is 3.54. The van der Waals surface area contributed by atoms with E-state index in [-0.39, 0.29) is 6.61 Å². The number of benzene rings is 2. The van der Waals surface area contributed by atoms with E-state index in [0.29, 0.717) is 17.1 Å². The molecule has 3 aromatic rings. The zero-order valence-corrected chi connectivity index (χ0v) is 11.5. The Bertz CT molecular complexity index is 802. The number of nitrogens with zero attached hydrogens (tertiary/aromatic N) is 1. The highest BCUT2D eigenvalue weighted by atomic mass is 19.1. The second-order valence-electron chi connectivity index (χ2n) is 4.79. The van der Waals surface area contributed by atoms with Crippen LogP contribution in [0.2, 0.25) is 0 Å². The molecule has 21 heavy (non-hydrogen) atoms. The molecule has 0 unspecified atom stereocenters. The SMILES string of the molecule is Cc1ccc2cccc(Oc3ccc(F)cc3CO)c2n1. The summed E-state index contributed by atoms with van der Waals surface area (Å²) in [6.07, 6.45) is 0. The minimum atomic E-state index is -0.404. The first kappa shape index (κ1) is 13.5. The number of ether oxygens (including phenoxy) is 1. The van der Waals surface area contributed by atoms with Crippen molar-refractivity contribution in [2.24, 2.45) is 0 Å². The molecule has 0 saturated heterocycles. The first-order valence-electron chi connectivity index (χ1n) is 6.61. The lowest BCUT2D eigenvalue weighted by molar-refractivity contribution is 0.276. The van der Waals surface area contributed by atoms with E-state index in [1.807, 2.05) is 31.2 Å². The van der Waals surface area contributed by atoms with Gasteiger partial charge in [0.25, 0.3) is 0 Å². The fourth-order valence-electron chi connectivity index (χ4n) is 2.19. The van der Waals surface area contributed by atoms with Gasteiger partial charge in [-0.15, -0.1) is 0 Å². The molecule has 1 aromatic heterocycles. The third kappa shape index (κ3) is 2.71. The molecule has 3 nitrogen and oxygen atoms in total. The Morgan fingerprint density at radius 1 is 1.10 bits per heavy atom. The maximum atomic E-state index is 13.2. The van der Waals surface area contributed by atoms with Crippen LogP contribution < -0.4 is 4.74 Å². The number of aromatic nitrogens is 1. The molecule has 0 fully saturated rings. The van der Waals surface area contributed by atoms with Gasteiger partial charge in [0.05, 0.1) is 6.61 Å². The molecule has 106 valence electrons. The summed E-state index contributed by atoms with van der Waals surface area (Å²) in [5.41, 5.74) is 2.03. The first-order chi connectivity index (χ1) is 10.2. The van der Waals surface area contributed by atoms with Gasteiger partial charge in [-0.25, -0.2) is 9.37 Å². The van der Waals surface area contributed by atoms with Gasteiger partial charge in [0.15, 0.2) is 5.75 Å². The molecule has 4 heteroatoms. The van der Waals surface area contributed by atoms with E-state index >= 15 is 0 Å². The lowest BCUT2D eigenvalue weighted by Gasteiger charge is -2.11. The lowest BCUT2D eigenvalue weighted by Crippen LogP contribution is -1.94. The molecule has 0 atom stereocenters. The summed E-state index contributed by atoms with van der Waals surface area (Å²) in [4.78, 5) is 4.48. The van der Waals surface area contributed by atoms with Crippen LogP contribution >= 0.6 is 0 Å². The van der Waals surface area contributed by atoms with Gasteiger partial charge in [0.2, 0.25) is 0 Å². The average Bonchev–Trinajstić information content (AvgIpc) is 2.49. The van der Waals surface area contributed by atoms with Crippen LogP contribution in [0.4, 0.5) is 4.39 Å². The zero-order chi connectivity index (χ0) is 14.8. The Hall–Kier alpha value is -2.46. The molecule has 0 spiro atoms. The van der Waals surface area contributed by atoms with E-state index in [4.69, 9.17) is 4.74 Å². The van der Waals surface area contributed by atoms with E-state index in [1.165, 1.54) is 18.2 Å². The standard InChI is InChI=1S/C17H14FNO2/c1-11-5-6-12-3-2-4-16(17(12)19-11)21-15-8-7-14(18)9-13(15)10-20/h2-9,20H,10H2,1H3. The quantitative estimate of drug-likeness (QED) is 0.791. The number of pyridine rings is 1. The van der Waals surface area contributed by atoms with Crippen molar-refractivity contribution in [2.75, 3.05) is 0 Å². The van der Waals surface area contributed by atoms with E-state index in [2.05, 4.69) is 4.98 Å². The van der Waals surface area contributed by atoms with Crippen LogP contribution in [0.1, 0.15) is 11.3 Å². The van der Waals surface area contributed by atoms with Gasteiger partial charge in [0, 0.05) is 16.6 Å². The van der Waals surface area contributed by atoms with E-state index in [9.17, 15) is 9.50 Å². The largest absolute Gasteiger partial charge is 0.455 e. The van der Waals surface area contributed by atoms with Gasteiger partial charge >= 0.3 is 0 Å². The van der Waals surface area contributed by atoms with Crippen molar-refractivity contribution in [1.29, 1.82) is 0 Å². The smallest absolute Gasteiger partial charge is 0.153 e. The van der Waals surface area contributed by atoms with Gasteiger partial charge in [0.1, 0.15) is 17.1 Å². The third-order valence-electron chi connectivity index (χ3n) is 3.24. The number of aliphatic hydroxyl groups is 1. The minimum Gasteiger partial charge on any atom is -0.455 e. The molecule has 0 aliphatic carbocycles. The van der Waals surface area contributed by atoms with E-state index in [0.717, 1.165) is 16.6 Å². The summed E-state index contributed by atoms with van der Waals surface area (Å²) < 4.78 is 19.0. The van der Waals surface area contributed by atoms with Crippen LogP contribution in [0.15, 0.2) is 48.5 Å². The molecular formula is C17H14FNO2. The summed E-state index contributed by atoms with van der Waals surface area (Å²) >= 11 is 0. The molecule has 0 amide bonds. The second kappa shape index (κ2) is 5.50. The molecule has 3 rings (SSSR count). The number of hydrogen-bond donors (Lipinski definition) is 1. The molecule has 0 aliphatic heterocycles. The highest BCUT2D eigenvalue weighted by molar-refractivity contribution is 5.84. The van der Waals surface area contributed by atoms with Crippen molar-refractivity contribution in [3.8, 4) is 11.5 Å². The van der Waals surface area contributed by atoms with E-state index < -0.39 is 5.82 Å². The summed E-state index contributed by atoms with van der Waals surface area (Å²) in [6.45, 7) is 1.62. The first-order valence-corrected chi connectivity index (χ1v) is 6.61.